The van der Waals surface area contributed by atoms with Gasteiger partial charge in [-0.25, -0.2) is 4.79 Å². The van der Waals surface area contributed by atoms with E-state index in [2.05, 4.69) is 5.32 Å². The molecule has 5 N–H and O–H groups in total. The Morgan fingerprint density at radius 1 is 0.789 bits per heavy atom. The van der Waals surface area contributed by atoms with E-state index in [4.69, 9.17) is 5.11 Å². The van der Waals surface area contributed by atoms with Gasteiger partial charge >= 0.3 is 5.97 Å². The van der Waals surface area contributed by atoms with Crippen LogP contribution in [0.5, 0.6) is 0 Å². The SMILES string of the molecule is CN[C@@H](C)C(=O)N(C)[C@H](C(=O)N(C)[C@@H](CCC(C)CC(C)O)C(=O)CC(O)C(=O)O)[C@@H](C)CCCC(C)O. The first-order valence-corrected chi connectivity index (χ1v) is 13.5. The van der Waals surface area contributed by atoms with Crippen molar-refractivity contribution in [3.63, 3.8) is 0 Å². The summed E-state index contributed by atoms with van der Waals surface area (Å²) < 4.78 is 0. The summed E-state index contributed by atoms with van der Waals surface area (Å²) in [4.78, 5) is 53.9. The van der Waals surface area contributed by atoms with Gasteiger partial charge in [-0.1, -0.05) is 20.3 Å². The summed E-state index contributed by atoms with van der Waals surface area (Å²) >= 11 is 0. The lowest BCUT2D eigenvalue weighted by atomic mass is 9.90. The largest absolute Gasteiger partial charge is 0.479 e. The molecule has 0 heterocycles. The van der Waals surface area contributed by atoms with E-state index in [1.807, 2.05) is 13.8 Å². The molecule has 2 amide bonds. The summed E-state index contributed by atoms with van der Waals surface area (Å²) in [5, 5.41) is 41.1. The van der Waals surface area contributed by atoms with Crippen LogP contribution >= 0.6 is 0 Å². The van der Waals surface area contributed by atoms with Crippen LogP contribution in [-0.4, -0.2) is 111 Å². The lowest BCUT2D eigenvalue weighted by Gasteiger charge is -2.38. The predicted molar refractivity (Wildman–Crippen MR) is 144 cm³/mol. The summed E-state index contributed by atoms with van der Waals surface area (Å²) in [6.45, 7) is 8.81. The zero-order valence-electron chi connectivity index (χ0n) is 24.4. The number of aliphatic hydroxyl groups is 3. The minimum atomic E-state index is -1.89. The van der Waals surface area contributed by atoms with Gasteiger partial charge in [0.05, 0.1) is 24.3 Å². The average Bonchev–Trinajstić information content (AvgIpc) is 2.81. The third-order valence-electron chi connectivity index (χ3n) is 7.18. The Balaban J connectivity index is 6.13. The number of carbonyl (C=O) groups excluding carboxylic acids is 3. The molecule has 0 aromatic carbocycles. The van der Waals surface area contributed by atoms with Gasteiger partial charge in [-0.05, 0) is 71.8 Å². The van der Waals surface area contributed by atoms with E-state index >= 15 is 0 Å². The highest BCUT2D eigenvalue weighted by Gasteiger charge is 2.39. The van der Waals surface area contributed by atoms with Crippen LogP contribution in [0.2, 0.25) is 0 Å². The Morgan fingerprint density at radius 3 is 1.84 bits per heavy atom. The van der Waals surface area contributed by atoms with Crippen LogP contribution in [0.15, 0.2) is 0 Å². The number of carboxylic acids is 1. The van der Waals surface area contributed by atoms with E-state index in [9.17, 15) is 34.5 Å². The molecule has 0 rings (SSSR count). The van der Waals surface area contributed by atoms with E-state index in [1.54, 1.807) is 34.9 Å². The molecule has 11 heteroatoms. The zero-order chi connectivity index (χ0) is 29.7. The van der Waals surface area contributed by atoms with Gasteiger partial charge in [0.1, 0.15) is 6.04 Å². The van der Waals surface area contributed by atoms with Gasteiger partial charge in [-0.2, -0.15) is 0 Å². The molecule has 4 unspecified atom stereocenters. The standard InChI is InChI=1S/C27H51N3O8/c1-16(14-19(4)32)12-13-21(22(33)15-23(34)27(37)38)29(7)26(36)24(17(2)10-9-11-18(3)31)30(8)25(35)20(5)28-6/h16-21,23-24,28,31-32,34H,9-15H2,1-8H3,(H,37,38)/t16?,17-,18?,19?,20-,21-,23?,24-/m0/s1. The first-order valence-electron chi connectivity index (χ1n) is 13.5. The molecule has 0 bridgehead atoms. The van der Waals surface area contributed by atoms with Gasteiger partial charge in [0.15, 0.2) is 11.9 Å². The molecule has 0 aromatic rings. The number of ketones is 1. The Morgan fingerprint density at radius 2 is 1.37 bits per heavy atom. The van der Waals surface area contributed by atoms with Gasteiger partial charge in [0.25, 0.3) is 0 Å². The fourth-order valence-electron chi connectivity index (χ4n) is 4.74. The summed E-state index contributed by atoms with van der Waals surface area (Å²) in [7, 11) is 4.66. The molecule has 0 fully saturated rings. The predicted octanol–water partition coefficient (Wildman–Crippen LogP) is 1.03. The molecule has 8 atom stereocenters. The molecular formula is C27H51N3O8. The normalized spacial score (nSPS) is 17.9. The number of nitrogens with zero attached hydrogens (tertiary/aromatic N) is 2. The van der Waals surface area contributed by atoms with Crippen LogP contribution in [0.3, 0.4) is 0 Å². The maximum absolute atomic E-state index is 13.9. The maximum atomic E-state index is 13.9. The molecule has 0 saturated heterocycles. The van der Waals surface area contributed by atoms with Gasteiger partial charge < -0.3 is 35.5 Å². The number of rotatable bonds is 19. The topological polar surface area (TPSA) is 168 Å². The van der Waals surface area contributed by atoms with E-state index in [0.29, 0.717) is 32.1 Å². The second kappa shape index (κ2) is 17.5. The van der Waals surface area contributed by atoms with Crippen molar-refractivity contribution in [2.24, 2.45) is 11.8 Å². The number of hydrogen-bond acceptors (Lipinski definition) is 8. The minimum Gasteiger partial charge on any atom is -0.479 e. The molecule has 11 nitrogen and oxygen atoms in total. The van der Waals surface area contributed by atoms with Gasteiger partial charge in [-0.15, -0.1) is 0 Å². The fraction of sp³-hybridized carbons (Fsp3) is 0.852. The lowest BCUT2D eigenvalue weighted by molar-refractivity contribution is -0.152. The van der Waals surface area contributed by atoms with E-state index in [0.717, 1.165) is 0 Å². The molecule has 0 spiro atoms. The van der Waals surface area contributed by atoms with Crippen LogP contribution < -0.4 is 5.32 Å². The van der Waals surface area contributed by atoms with E-state index < -0.39 is 60.5 Å². The van der Waals surface area contributed by atoms with Crippen molar-refractivity contribution in [2.75, 3.05) is 21.1 Å². The average molecular weight is 546 g/mol. The Labute approximate surface area is 227 Å². The molecule has 0 saturated carbocycles. The van der Waals surface area contributed by atoms with Crippen LogP contribution in [0.4, 0.5) is 0 Å². The van der Waals surface area contributed by atoms with Crippen molar-refractivity contribution in [2.45, 2.75) is 116 Å². The Kier molecular flexibility index (Phi) is 16.5. The molecule has 38 heavy (non-hydrogen) atoms. The van der Waals surface area contributed by atoms with Crippen molar-refractivity contribution in [3.8, 4) is 0 Å². The Hall–Kier alpha value is -2.08. The van der Waals surface area contributed by atoms with Crippen LogP contribution in [-0.2, 0) is 19.2 Å². The second-order valence-corrected chi connectivity index (χ2v) is 10.9. The van der Waals surface area contributed by atoms with Crippen LogP contribution in [0.25, 0.3) is 0 Å². The van der Waals surface area contributed by atoms with Crippen LogP contribution in [0.1, 0.15) is 79.6 Å². The number of hydrogen-bond donors (Lipinski definition) is 5. The highest BCUT2D eigenvalue weighted by molar-refractivity contribution is 5.94. The molecule has 222 valence electrons. The number of amides is 2. The lowest BCUT2D eigenvalue weighted by Crippen LogP contribution is -2.57. The first kappa shape index (κ1) is 35.9. The van der Waals surface area contributed by atoms with Gasteiger partial charge in [0, 0.05) is 20.5 Å². The zero-order valence-corrected chi connectivity index (χ0v) is 24.4. The minimum absolute atomic E-state index is 0.0362. The number of aliphatic hydroxyl groups excluding tert-OH is 3. The number of likely N-dealkylation sites (N-methyl/N-ethyl adjacent to an activating group) is 3. The van der Waals surface area contributed by atoms with E-state index in [-0.39, 0.29) is 24.2 Å². The van der Waals surface area contributed by atoms with Crippen molar-refractivity contribution < 1.29 is 39.6 Å². The van der Waals surface area contributed by atoms with E-state index in [1.165, 1.54) is 16.8 Å². The number of nitrogens with one attached hydrogen (secondary N) is 1. The molecule has 0 aliphatic carbocycles. The molecule has 0 radical (unpaired) electrons. The number of Topliss-reactive ketones (excluding diaryl/α,β-unsaturated/α-hetero) is 1. The maximum Gasteiger partial charge on any atom is 0.332 e. The second-order valence-electron chi connectivity index (χ2n) is 10.9. The molecule has 0 aliphatic rings. The molecule has 0 aliphatic heterocycles. The van der Waals surface area contributed by atoms with Crippen molar-refractivity contribution in [1.29, 1.82) is 0 Å². The number of carboxylic acid groups (broad SMARTS) is 1. The third-order valence-corrected chi connectivity index (χ3v) is 7.18. The number of carbonyl (C=O) groups is 4. The Bertz CT molecular complexity index is 761. The van der Waals surface area contributed by atoms with Crippen molar-refractivity contribution in [1.82, 2.24) is 15.1 Å². The van der Waals surface area contributed by atoms with Gasteiger partial charge in [-0.3, -0.25) is 14.4 Å². The summed E-state index contributed by atoms with van der Waals surface area (Å²) in [6, 6.07) is -2.45. The van der Waals surface area contributed by atoms with Crippen molar-refractivity contribution in [3.05, 3.63) is 0 Å². The molecule has 0 aromatic heterocycles. The van der Waals surface area contributed by atoms with Gasteiger partial charge in [0.2, 0.25) is 11.8 Å². The first-order chi connectivity index (χ1) is 17.5. The van der Waals surface area contributed by atoms with Crippen LogP contribution in [0, 0.1) is 11.8 Å². The highest BCUT2D eigenvalue weighted by atomic mass is 16.4. The molecular weight excluding hydrogens is 494 g/mol. The summed E-state index contributed by atoms with van der Waals surface area (Å²) in [5.74, 6) is -3.12. The smallest absolute Gasteiger partial charge is 0.332 e. The quantitative estimate of drug-likeness (QED) is 0.159. The highest BCUT2D eigenvalue weighted by Crippen LogP contribution is 2.24. The monoisotopic (exact) mass is 545 g/mol. The third kappa shape index (κ3) is 12.2. The summed E-state index contributed by atoms with van der Waals surface area (Å²) in [5.41, 5.74) is 0. The fourth-order valence-corrected chi connectivity index (χ4v) is 4.74. The number of aliphatic carboxylic acids is 1. The summed E-state index contributed by atoms with van der Waals surface area (Å²) in [6.07, 6.45) is -0.622. The van der Waals surface area contributed by atoms with Crippen molar-refractivity contribution >= 4 is 23.6 Å².